The Morgan fingerprint density at radius 2 is 1.23 bits per heavy atom. The molecule has 0 atom stereocenters. The molecule has 2 heterocycles. The molecule has 0 radical (unpaired) electrons. The normalized spacial score (nSPS) is 10.8. The number of carbonyl (C=O) groups is 2. The smallest absolute Gasteiger partial charge is 0.348 e. The molecule has 0 saturated carbocycles. The Bertz CT molecular complexity index is 699. The highest BCUT2D eigenvalue weighted by atomic mass is 16.6. The molecule has 0 spiro atoms. The van der Waals surface area contributed by atoms with Gasteiger partial charge in [0, 0.05) is 0 Å². The summed E-state index contributed by atoms with van der Waals surface area (Å²) in [6, 6.07) is 0.622. The number of esters is 2. The molecular formula is C18H28N4O4+2. The fourth-order valence-corrected chi connectivity index (χ4v) is 2.53. The van der Waals surface area contributed by atoms with E-state index in [-0.39, 0.29) is 0 Å². The minimum Gasteiger partial charge on any atom is -0.348 e. The van der Waals surface area contributed by atoms with Crippen molar-refractivity contribution in [3.8, 4) is 12.0 Å². The fraction of sp³-hybridized carbons (Fsp3) is 0.556. The van der Waals surface area contributed by atoms with Gasteiger partial charge in [0.1, 0.15) is 24.8 Å². The van der Waals surface area contributed by atoms with Crippen LogP contribution in [0.2, 0.25) is 0 Å². The van der Waals surface area contributed by atoms with Crippen LogP contribution in [-0.4, -0.2) is 21.1 Å². The predicted molar refractivity (Wildman–Crippen MR) is 92.3 cm³/mol. The first-order valence-corrected chi connectivity index (χ1v) is 9.01. The van der Waals surface area contributed by atoms with Crippen LogP contribution in [0.3, 0.4) is 0 Å². The number of aromatic nitrogens is 4. The first-order valence-electron chi connectivity index (χ1n) is 9.01. The van der Waals surface area contributed by atoms with Crippen LogP contribution in [0.5, 0.6) is 12.0 Å². The average molecular weight is 364 g/mol. The molecule has 26 heavy (non-hydrogen) atoms. The lowest BCUT2D eigenvalue weighted by Crippen LogP contribution is -2.37. The van der Waals surface area contributed by atoms with Crippen LogP contribution in [0.25, 0.3) is 0 Å². The molecule has 0 aliphatic heterocycles. The molecule has 0 bridgehead atoms. The van der Waals surface area contributed by atoms with Crippen molar-refractivity contribution in [1.82, 2.24) is 9.13 Å². The lowest BCUT2D eigenvalue weighted by Gasteiger charge is -2.04. The monoisotopic (exact) mass is 364 g/mol. The maximum absolute atomic E-state index is 12.2. The third-order valence-electron chi connectivity index (χ3n) is 4.08. The quantitative estimate of drug-likeness (QED) is 0.399. The van der Waals surface area contributed by atoms with Crippen LogP contribution < -0.4 is 18.6 Å². The number of hydrogen-bond acceptors (Lipinski definition) is 4. The molecule has 2 aromatic heterocycles. The van der Waals surface area contributed by atoms with Crippen LogP contribution in [0, 0.1) is 0 Å². The number of nitrogens with zero attached hydrogens (tertiary/aromatic N) is 4. The van der Waals surface area contributed by atoms with Crippen LogP contribution in [0.15, 0.2) is 24.8 Å². The van der Waals surface area contributed by atoms with Gasteiger partial charge in [-0.05, 0) is 12.8 Å². The summed E-state index contributed by atoms with van der Waals surface area (Å²) in [6.45, 7) is 5.59. The molecule has 0 aliphatic rings. The van der Waals surface area contributed by atoms with Gasteiger partial charge in [-0.15, -0.1) is 0 Å². The molecule has 0 amide bonds. The number of unbranched alkanes of at least 4 members (excludes halogenated alkanes) is 2. The van der Waals surface area contributed by atoms with E-state index in [1.165, 1.54) is 0 Å². The van der Waals surface area contributed by atoms with Gasteiger partial charge >= 0.3 is 24.0 Å². The Labute approximate surface area is 153 Å². The zero-order chi connectivity index (χ0) is 19.1. The molecule has 0 saturated heterocycles. The van der Waals surface area contributed by atoms with Gasteiger partial charge in [-0.1, -0.05) is 26.7 Å². The van der Waals surface area contributed by atoms with E-state index >= 15 is 0 Å². The highest BCUT2D eigenvalue weighted by Gasteiger charge is 2.30. The Balaban J connectivity index is 2.06. The van der Waals surface area contributed by atoms with Gasteiger partial charge in [0.25, 0.3) is 0 Å². The summed E-state index contributed by atoms with van der Waals surface area (Å²) in [5.41, 5.74) is 0. The minimum atomic E-state index is -1.04. The molecule has 2 rings (SSSR count). The van der Waals surface area contributed by atoms with Gasteiger partial charge in [0.15, 0.2) is 0 Å². The molecular weight excluding hydrogens is 336 g/mol. The van der Waals surface area contributed by atoms with Gasteiger partial charge in [0.05, 0.1) is 27.2 Å². The third kappa shape index (κ3) is 4.71. The average Bonchev–Trinajstić information content (AvgIpc) is 3.15. The molecule has 0 unspecified atom stereocenters. The zero-order valence-corrected chi connectivity index (χ0v) is 16.0. The minimum absolute atomic E-state index is 0.311. The summed E-state index contributed by atoms with van der Waals surface area (Å²) in [5, 5.41) is 0. The lowest BCUT2D eigenvalue weighted by molar-refractivity contribution is -0.675. The number of carbonyl (C=O) groups excluding carboxylic acids is 2. The summed E-state index contributed by atoms with van der Waals surface area (Å²) < 4.78 is 17.5. The van der Waals surface area contributed by atoms with E-state index < -0.39 is 11.9 Å². The molecule has 142 valence electrons. The van der Waals surface area contributed by atoms with Crippen molar-refractivity contribution in [2.75, 3.05) is 0 Å². The number of imidazole rings is 2. The van der Waals surface area contributed by atoms with E-state index in [0.717, 1.165) is 25.7 Å². The van der Waals surface area contributed by atoms with Crippen molar-refractivity contribution >= 4 is 11.9 Å². The fourth-order valence-electron chi connectivity index (χ4n) is 2.53. The zero-order valence-electron chi connectivity index (χ0n) is 16.0. The number of ether oxygens (including phenoxy) is 2. The summed E-state index contributed by atoms with van der Waals surface area (Å²) in [5.74, 6) is -2.08. The Kier molecular flexibility index (Phi) is 6.94. The highest BCUT2D eigenvalue weighted by Crippen LogP contribution is 2.10. The first-order chi connectivity index (χ1) is 12.5. The van der Waals surface area contributed by atoms with Crippen molar-refractivity contribution in [2.24, 2.45) is 14.1 Å². The second-order valence-corrected chi connectivity index (χ2v) is 6.26. The number of aryl methyl sites for hydroxylation is 4. The van der Waals surface area contributed by atoms with Crippen LogP contribution in [-0.2, 0) is 36.8 Å². The van der Waals surface area contributed by atoms with Gasteiger partial charge in [-0.3, -0.25) is 0 Å². The van der Waals surface area contributed by atoms with Crippen molar-refractivity contribution in [2.45, 2.75) is 52.6 Å². The number of rotatable bonds is 8. The van der Waals surface area contributed by atoms with Crippen molar-refractivity contribution in [3.63, 3.8) is 0 Å². The maximum Gasteiger partial charge on any atom is 0.464 e. The van der Waals surface area contributed by atoms with Crippen LogP contribution in [0.4, 0.5) is 0 Å². The molecule has 8 nitrogen and oxygen atoms in total. The second kappa shape index (κ2) is 9.17. The topological polar surface area (TPSA) is 70.2 Å². The SMILES string of the molecule is CCCCn1cc[n+](C)c1OC(=O)C(=O)Oc1n(CCCC)cc[n+]1C. The van der Waals surface area contributed by atoms with E-state index in [9.17, 15) is 9.59 Å². The third-order valence-corrected chi connectivity index (χ3v) is 4.08. The van der Waals surface area contributed by atoms with Crippen molar-refractivity contribution < 1.29 is 28.2 Å². The van der Waals surface area contributed by atoms with E-state index in [1.54, 1.807) is 44.8 Å². The molecule has 0 aliphatic carbocycles. The summed E-state index contributed by atoms with van der Waals surface area (Å²) >= 11 is 0. The standard InChI is InChI=1S/C18H28N4O4/c1-5-7-9-21-13-11-19(3)17(21)25-15(23)16(24)26-18-20(4)12-14-22(18)10-8-6-2/h11-14H,5-10H2,1-4H3/q+2. The molecule has 0 fully saturated rings. The molecule has 0 aromatic carbocycles. The summed E-state index contributed by atoms with van der Waals surface area (Å²) in [7, 11) is 3.51. The lowest BCUT2D eigenvalue weighted by atomic mass is 10.3. The van der Waals surface area contributed by atoms with Gasteiger partial charge in [0.2, 0.25) is 0 Å². The van der Waals surface area contributed by atoms with Gasteiger partial charge in [-0.2, -0.15) is 18.3 Å². The van der Waals surface area contributed by atoms with E-state index in [0.29, 0.717) is 25.1 Å². The summed E-state index contributed by atoms with van der Waals surface area (Å²) in [6.07, 6.45) is 11.1. The van der Waals surface area contributed by atoms with Crippen LogP contribution in [0.1, 0.15) is 39.5 Å². The van der Waals surface area contributed by atoms with E-state index in [4.69, 9.17) is 9.47 Å². The molecule has 0 N–H and O–H groups in total. The molecule has 8 heteroatoms. The van der Waals surface area contributed by atoms with E-state index in [2.05, 4.69) is 13.8 Å². The number of hydrogen-bond donors (Lipinski definition) is 0. The second-order valence-electron chi connectivity index (χ2n) is 6.26. The Hall–Kier alpha value is -2.64. The highest BCUT2D eigenvalue weighted by molar-refractivity contribution is 6.30. The summed E-state index contributed by atoms with van der Waals surface area (Å²) in [4.78, 5) is 24.4. The maximum atomic E-state index is 12.2. The van der Waals surface area contributed by atoms with Crippen molar-refractivity contribution in [1.29, 1.82) is 0 Å². The van der Waals surface area contributed by atoms with Crippen molar-refractivity contribution in [3.05, 3.63) is 24.8 Å². The first kappa shape index (κ1) is 19.7. The van der Waals surface area contributed by atoms with E-state index in [1.807, 2.05) is 12.4 Å². The van der Waals surface area contributed by atoms with Crippen LogP contribution >= 0.6 is 0 Å². The predicted octanol–water partition coefficient (Wildman–Crippen LogP) is 1.05. The van der Waals surface area contributed by atoms with Gasteiger partial charge < -0.3 is 9.47 Å². The Morgan fingerprint density at radius 1 is 0.846 bits per heavy atom. The largest absolute Gasteiger partial charge is 0.464 e. The molecule has 2 aromatic rings. The Morgan fingerprint density at radius 3 is 1.58 bits per heavy atom. The van der Waals surface area contributed by atoms with Gasteiger partial charge in [-0.25, -0.2) is 9.59 Å².